The van der Waals surface area contributed by atoms with Crippen molar-refractivity contribution in [3.05, 3.63) is 240 Å². The standard InChI is InChI=1S/C56H44N2/c1-41-13-29-53(30-14-41)57(51-9-5-3-6-10-51)55-33-23-43(24-34-55)17-19-45-21-27-47-40-50-38-46(22-28-48(50)39-49(47)37-45)20-18-44-25-35-56(36-26-44)58(52-11-7-4-8-12-52)54-31-15-42(2)16-32-54/h3-40H,1-2H3/b19-17-,20-18-. The Balaban J connectivity index is 0.902. The molecule has 0 radical (unpaired) electrons. The molecule has 0 unspecified atom stereocenters. The number of rotatable bonds is 10. The Bertz CT molecular complexity index is 2650. The topological polar surface area (TPSA) is 6.48 Å². The molecule has 0 aliphatic rings. The molecule has 2 nitrogen and oxygen atoms in total. The number of para-hydroxylation sites is 2. The lowest BCUT2D eigenvalue weighted by Gasteiger charge is -2.25. The van der Waals surface area contributed by atoms with Gasteiger partial charge in [0.05, 0.1) is 0 Å². The Morgan fingerprint density at radius 2 is 0.552 bits per heavy atom. The van der Waals surface area contributed by atoms with Crippen LogP contribution in [0.25, 0.3) is 45.8 Å². The molecule has 0 atom stereocenters. The maximum atomic E-state index is 2.30. The molecule has 2 heteroatoms. The summed E-state index contributed by atoms with van der Waals surface area (Å²) >= 11 is 0. The predicted octanol–water partition coefficient (Wildman–Crippen LogP) is 15.9. The summed E-state index contributed by atoms with van der Waals surface area (Å²) in [5.74, 6) is 0. The van der Waals surface area contributed by atoms with E-state index in [1.807, 2.05) is 0 Å². The summed E-state index contributed by atoms with van der Waals surface area (Å²) in [4.78, 5) is 4.59. The van der Waals surface area contributed by atoms with Crippen LogP contribution in [0.3, 0.4) is 0 Å². The minimum atomic E-state index is 1.13. The first-order valence-corrected chi connectivity index (χ1v) is 19.9. The van der Waals surface area contributed by atoms with Gasteiger partial charge in [0.2, 0.25) is 0 Å². The second-order valence-electron chi connectivity index (χ2n) is 14.9. The van der Waals surface area contributed by atoms with E-state index in [1.165, 1.54) is 43.8 Å². The largest absolute Gasteiger partial charge is 0.311 e. The van der Waals surface area contributed by atoms with Crippen molar-refractivity contribution in [3.63, 3.8) is 0 Å². The highest BCUT2D eigenvalue weighted by atomic mass is 15.1. The van der Waals surface area contributed by atoms with Crippen LogP contribution in [0, 0.1) is 13.8 Å². The van der Waals surface area contributed by atoms with Gasteiger partial charge < -0.3 is 9.80 Å². The molecular formula is C56H44N2. The van der Waals surface area contributed by atoms with E-state index in [4.69, 9.17) is 0 Å². The predicted molar refractivity (Wildman–Crippen MR) is 251 cm³/mol. The van der Waals surface area contributed by atoms with Gasteiger partial charge in [0.1, 0.15) is 0 Å². The molecule has 9 aromatic rings. The van der Waals surface area contributed by atoms with Gasteiger partial charge in [0.25, 0.3) is 0 Å². The number of hydrogen-bond acceptors (Lipinski definition) is 2. The van der Waals surface area contributed by atoms with Crippen LogP contribution in [-0.4, -0.2) is 0 Å². The molecule has 0 bridgehead atoms. The van der Waals surface area contributed by atoms with Crippen molar-refractivity contribution in [2.24, 2.45) is 0 Å². The zero-order valence-corrected chi connectivity index (χ0v) is 32.8. The van der Waals surface area contributed by atoms with Crippen LogP contribution in [0.4, 0.5) is 34.1 Å². The van der Waals surface area contributed by atoms with Gasteiger partial charge in [0.15, 0.2) is 0 Å². The molecule has 278 valence electrons. The van der Waals surface area contributed by atoms with E-state index < -0.39 is 0 Å². The maximum Gasteiger partial charge on any atom is 0.0462 e. The lowest BCUT2D eigenvalue weighted by Crippen LogP contribution is -2.09. The average Bonchev–Trinajstić information content (AvgIpc) is 3.27. The maximum absolute atomic E-state index is 2.30. The van der Waals surface area contributed by atoms with Gasteiger partial charge in [-0.25, -0.2) is 0 Å². The molecule has 58 heavy (non-hydrogen) atoms. The zero-order valence-electron chi connectivity index (χ0n) is 32.8. The Labute approximate surface area is 341 Å². The van der Waals surface area contributed by atoms with E-state index in [9.17, 15) is 0 Å². The van der Waals surface area contributed by atoms with Gasteiger partial charge in [-0.2, -0.15) is 0 Å². The monoisotopic (exact) mass is 744 g/mol. The Morgan fingerprint density at radius 3 is 0.914 bits per heavy atom. The Kier molecular flexibility index (Phi) is 10.2. The van der Waals surface area contributed by atoms with Gasteiger partial charge in [-0.05, 0) is 155 Å². The fourth-order valence-corrected chi connectivity index (χ4v) is 7.53. The van der Waals surface area contributed by atoms with E-state index in [-0.39, 0.29) is 0 Å². The molecule has 0 N–H and O–H groups in total. The normalized spacial score (nSPS) is 11.5. The molecule has 0 heterocycles. The molecule has 0 fully saturated rings. The van der Waals surface area contributed by atoms with E-state index in [0.717, 1.165) is 45.3 Å². The molecular weight excluding hydrogens is 701 g/mol. The minimum absolute atomic E-state index is 1.13. The first-order chi connectivity index (χ1) is 28.5. The van der Waals surface area contributed by atoms with Gasteiger partial charge in [-0.15, -0.1) is 0 Å². The average molecular weight is 745 g/mol. The Morgan fingerprint density at radius 1 is 0.259 bits per heavy atom. The van der Waals surface area contributed by atoms with Crippen molar-refractivity contribution in [2.75, 3.05) is 9.80 Å². The van der Waals surface area contributed by atoms with Gasteiger partial charge in [0, 0.05) is 34.1 Å². The SMILES string of the molecule is Cc1ccc(N(c2ccccc2)c2ccc(/C=C\c3ccc4cc5cc(/C=C\c6ccc(N(c7ccccc7)c7ccc(C)cc7)cc6)ccc5cc4c3)cc2)cc1. The van der Waals surface area contributed by atoms with Crippen LogP contribution in [0.1, 0.15) is 33.4 Å². The second kappa shape index (κ2) is 16.4. The number of fused-ring (bicyclic) bond motifs is 2. The summed E-state index contributed by atoms with van der Waals surface area (Å²) < 4.78 is 0. The lowest BCUT2D eigenvalue weighted by molar-refractivity contribution is 1.27. The van der Waals surface area contributed by atoms with Crippen LogP contribution in [0.2, 0.25) is 0 Å². The highest BCUT2D eigenvalue weighted by Gasteiger charge is 2.13. The highest BCUT2D eigenvalue weighted by Crippen LogP contribution is 2.36. The number of nitrogens with zero attached hydrogens (tertiary/aromatic N) is 2. The van der Waals surface area contributed by atoms with E-state index >= 15 is 0 Å². The molecule has 0 amide bonds. The van der Waals surface area contributed by atoms with Crippen LogP contribution < -0.4 is 9.80 Å². The molecule has 0 aromatic heterocycles. The smallest absolute Gasteiger partial charge is 0.0462 e. The van der Waals surface area contributed by atoms with Crippen LogP contribution in [0.15, 0.2) is 206 Å². The first kappa shape index (κ1) is 36.2. The summed E-state index contributed by atoms with van der Waals surface area (Å²) in [6.07, 6.45) is 8.80. The third-order valence-corrected chi connectivity index (χ3v) is 10.7. The van der Waals surface area contributed by atoms with Crippen molar-refractivity contribution in [2.45, 2.75) is 13.8 Å². The Hall–Kier alpha value is -7.42. The summed E-state index contributed by atoms with van der Waals surface area (Å²) in [6.45, 7) is 4.25. The van der Waals surface area contributed by atoms with Gasteiger partial charge >= 0.3 is 0 Å². The van der Waals surface area contributed by atoms with E-state index in [2.05, 4.69) is 254 Å². The lowest BCUT2D eigenvalue weighted by atomic mass is 9.99. The minimum Gasteiger partial charge on any atom is -0.311 e. The fraction of sp³-hybridized carbons (Fsp3) is 0.0357. The van der Waals surface area contributed by atoms with Crippen molar-refractivity contribution >= 4 is 80.0 Å². The van der Waals surface area contributed by atoms with Crippen LogP contribution in [-0.2, 0) is 0 Å². The summed E-state index contributed by atoms with van der Waals surface area (Å²) in [6, 6.07) is 74.1. The molecule has 0 saturated heterocycles. The van der Waals surface area contributed by atoms with E-state index in [0.29, 0.717) is 0 Å². The van der Waals surface area contributed by atoms with Gasteiger partial charge in [-0.1, -0.05) is 145 Å². The van der Waals surface area contributed by atoms with E-state index in [1.54, 1.807) is 0 Å². The highest BCUT2D eigenvalue weighted by molar-refractivity contribution is 6.00. The first-order valence-electron chi connectivity index (χ1n) is 19.9. The molecule has 0 saturated carbocycles. The summed E-state index contributed by atoms with van der Waals surface area (Å²) in [5, 5.41) is 4.94. The quantitative estimate of drug-likeness (QED) is 0.102. The third-order valence-electron chi connectivity index (χ3n) is 10.7. The zero-order chi connectivity index (χ0) is 39.3. The number of benzene rings is 9. The number of aryl methyl sites for hydroxylation is 2. The number of anilines is 6. The van der Waals surface area contributed by atoms with Crippen molar-refractivity contribution < 1.29 is 0 Å². The van der Waals surface area contributed by atoms with Crippen molar-refractivity contribution in [1.82, 2.24) is 0 Å². The van der Waals surface area contributed by atoms with Crippen LogP contribution >= 0.6 is 0 Å². The summed E-state index contributed by atoms with van der Waals surface area (Å²) in [7, 11) is 0. The molecule has 0 spiro atoms. The summed E-state index contributed by atoms with van der Waals surface area (Å²) in [5.41, 5.74) is 14.0. The van der Waals surface area contributed by atoms with Gasteiger partial charge in [-0.3, -0.25) is 0 Å². The number of hydrogen-bond donors (Lipinski definition) is 0. The molecule has 0 aliphatic heterocycles. The molecule has 0 aliphatic carbocycles. The fourth-order valence-electron chi connectivity index (χ4n) is 7.53. The third kappa shape index (κ3) is 8.09. The van der Waals surface area contributed by atoms with Crippen LogP contribution in [0.5, 0.6) is 0 Å². The molecule has 9 aromatic carbocycles. The van der Waals surface area contributed by atoms with Crippen molar-refractivity contribution in [3.8, 4) is 0 Å². The molecule has 9 rings (SSSR count). The second-order valence-corrected chi connectivity index (χ2v) is 14.9. The van der Waals surface area contributed by atoms with Crippen molar-refractivity contribution in [1.29, 1.82) is 0 Å².